The highest BCUT2D eigenvalue weighted by Gasteiger charge is 2.09. The average molecular weight is 319 g/mol. The standard InChI is InChI=1S/C10H7BrO5S/c1-17(13,14)16-6-2-3-7-9(4-6)15-5-8(11)10(7)12/h2-5H,1H3. The predicted molar refractivity (Wildman–Crippen MR) is 65.7 cm³/mol. The molecule has 90 valence electrons. The lowest BCUT2D eigenvalue weighted by atomic mass is 10.2. The maximum Gasteiger partial charge on any atom is 0.306 e. The second-order valence-electron chi connectivity index (χ2n) is 3.36. The summed E-state index contributed by atoms with van der Waals surface area (Å²) in [6.07, 6.45) is 2.18. The minimum atomic E-state index is -3.59. The molecule has 1 aromatic carbocycles. The van der Waals surface area contributed by atoms with E-state index in [0.717, 1.165) is 6.26 Å². The fraction of sp³-hybridized carbons (Fsp3) is 0.100. The van der Waals surface area contributed by atoms with E-state index < -0.39 is 10.1 Å². The molecular formula is C10H7BrO5S. The fourth-order valence-electron chi connectivity index (χ4n) is 1.31. The van der Waals surface area contributed by atoms with E-state index in [0.29, 0.717) is 9.86 Å². The third-order valence-corrected chi connectivity index (χ3v) is 2.99. The van der Waals surface area contributed by atoms with Crippen LogP contribution in [0.2, 0.25) is 0 Å². The van der Waals surface area contributed by atoms with E-state index in [1.807, 2.05) is 0 Å². The van der Waals surface area contributed by atoms with Gasteiger partial charge >= 0.3 is 10.1 Å². The Morgan fingerprint density at radius 1 is 1.35 bits per heavy atom. The van der Waals surface area contributed by atoms with Gasteiger partial charge in [-0.1, -0.05) is 0 Å². The minimum absolute atomic E-state index is 0.102. The van der Waals surface area contributed by atoms with E-state index in [-0.39, 0.29) is 16.8 Å². The molecule has 0 radical (unpaired) electrons. The van der Waals surface area contributed by atoms with Crippen molar-refractivity contribution in [1.82, 2.24) is 0 Å². The fourth-order valence-corrected chi connectivity index (χ4v) is 2.07. The molecule has 5 nitrogen and oxygen atoms in total. The molecule has 0 aliphatic rings. The van der Waals surface area contributed by atoms with Gasteiger partial charge in [0.15, 0.2) is 0 Å². The van der Waals surface area contributed by atoms with Crippen molar-refractivity contribution in [3.63, 3.8) is 0 Å². The van der Waals surface area contributed by atoms with Crippen LogP contribution in [-0.4, -0.2) is 14.7 Å². The summed E-state index contributed by atoms with van der Waals surface area (Å²) in [5, 5.41) is 0.347. The zero-order chi connectivity index (χ0) is 12.6. The highest BCUT2D eigenvalue weighted by molar-refractivity contribution is 9.10. The number of rotatable bonds is 2. The van der Waals surface area contributed by atoms with Crippen molar-refractivity contribution in [3.8, 4) is 5.75 Å². The summed E-state index contributed by atoms with van der Waals surface area (Å²) in [6, 6.07) is 4.20. The molecule has 1 heterocycles. The molecule has 7 heteroatoms. The summed E-state index contributed by atoms with van der Waals surface area (Å²) in [4.78, 5) is 11.7. The quantitative estimate of drug-likeness (QED) is 0.790. The summed E-state index contributed by atoms with van der Waals surface area (Å²) in [7, 11) is -3.59. The van der Waals surface area contributed by atoms with Gasteiger partial charge in [-0.2, -0.15) is 8.42 Å². The summed E-state index contributed by atoms with van der Waals surface area (Å²) in [6.45, 7) is 0. The van der Waals surface area contributed by atoms with Gasteiger partial charge in [0.1, 0.15) is 22.1 Å². The van der Waals surface area contributed by atoms with Gasteiger partial charge in [0, 0.05) is 6.07 Å². The molecule has 0 unspecified atom stereocenters. The summed E-state index contributed by atoms with van der Waals surface area (Å²) >= 11 is 3.05. The largest absolute Gasteiger partial charge is 0.463 e. The van der Waals surface area contributed by atoms with Gasteiger partial charge in [-0.25, -0.2) is 0 Å². The van der Waals surface area contributed by atoms with Crippen LogP contribution < -0.4 is 9.61 Å². The van der Waals surface area contributed by atoms with Crippen molar-refractivity contribution < 1.29 is 17.0 Å². The van der Waals surface area contributed by atoms with E-state index in [9.17, 15) is 13.2 Å². The Kier molecular flexibility index (Phi) is 2.96. The van der Waals surface area contributed by atoms with Gasteiger partial charge in [0.2, 0.25) is 5.43 Å². The lowest BCUT2D eigenvalue weighted by Gasteiger charge is -2.03. The average Bonchev–Trinajstić information content (AvgIpc) is 2.21. The van der Waals surface area contributed by atoms with Crippen LogP contribution in [0.5, 0.6) is 5.75 Å². The topological polar surface area (TPSA) is 73.6 Å². The Balaban J connectivity index is 2.60. The highest BCUT2D eigenvalue weighted by Crippen LogP contribution is 2.21. The molecule has 1 aromatic heterocycles. The molecule has 0 amide bonds. The number of hydrogen-bond acceptors (Lipinski definition) is 5. The Morgan fingerprint density at radius 2 is 2.06 bits per heavy atom. The van der Waals surface area contributed by atoms with Crippen LogP contribution in [0.3, 0.4) is 0 Å². The van der Waals surface area contributed by atoms with Crippen molar-refractivity contribution in [3.05, 3.63) is 39.2 Å². The smallest absolute Gasteiger partial charge is 0.306 e. The van der Waals surface area contributed by atoms with Crippen molar-refractivity contribution >= 4 is 37.0 Å². The van der Waals surface area contributed by atoms with E-state index in [4.69, 9.17) is 4.42 Å². The van der Waals surface area contributed by atoms with Crippen molar-refractivity contribution in [2.24, 2.45) is 0 Å². The molecule has 0 N–H and O–H groups in total. The zero-order valence-corrected chi connectivity index (χ0v) is 11.0. The Morgan fingerprint density at radius 3 is 2.71 bits per heavy atom. The van der Waals surface area contributed by atoms with Crippen LogP contribution >= 0.6 is 15.9 Å². The number of halogens is 1. The van der Waals surface area contributed by atoms with Gasteiger partial charge in [0.05, 0.1) is 11.6 Å². The van der Waals surface area contributed by atoms with E-state index in [2.05, 4.69) is 20.1 Å². The second kappa shape index (κ2) is 4.15. The minimum Gasteiger partial charge on any atom is -0.463 e. The van der Waals surface area contributed by atoms with Gasteiger partial charge in [-0.05, 0) is 28.1 Å². The molecule has 0 aliphatic carbocycles. The lowest BCUT2D eigenvalue weighted by Crippen LogP contribution is -2.06. The van der Waals surface area contributed by atoms with Gasteiger partial charge < -0.3 is 8.60 Å². The Labute approximate surface area is 105 Å². The summed E-state index contributed by atoms with van der Waals surface area (Å²) in [5.41, 5.74) is 0.0384. The van der Waals surface area contributed by atoms with Crippen LogP contribution in [0.15, 0.2) is 38.1 Å². The van der Waals surface area contributed by atoms with E-state index in [1.54, 1.807) is 0 Å². The van der Waals surface area contributed by atoms with Crippen LogP contribution in [0.1, 0.15) is 0 Å². The maximum atomic E-state index is 11.7. The normalized spacial score (nSPS) is 11.6. The molecule has 0 saturated carbocycles. The van der Waals surface area contributed by atoms with E-state index >= 15 is 0 Å². The van der Waals surface area contributed by atoms with Gasteiger partial charge in [0.25, 0.3) is 0 Å². The summed E-state index contributed by atoms with van der Waals surface area (Å²) < 4.78 is 32.0. The Bertz CT molecular complexity index is 732. The third kappa shape index (κ3) is 2.67. The molecule has 0 bridgehead atoms. The first-order chi connectivity index (χ1) is 7.87. The number of hydrogen-bond donors (Lipinski definition) is 0. The number of fused-ring (bicyclic) bond motifs is 1. The number of benzene rings is 1. The summed E-state index contributed by atoms with van der Waals surface area (Å²) in [5.74, 6) is 0.102. The molecule has 0 aliphatic heterocycles. The molecule has 0 atom stereocenters. The first-order valence-electron chi connectivity index (χ1n) is 4.47. The van der Waals surface area contributed by atoms with Gasteiger partial charge in [-0.3, -0.25) is 4.79 Å². The van der Waals surface area contributed by atoms with E-state index in [1.165, 1.54) is 24.5 Å². The van der Waals surface area contributed by atoms with Crippen molar-refractivity contribution in [2.45, 2.75) is 0 Å². The van der Waals surface area contributed by atoms with Crippen LogP contribution in [0.4, 0.5) is 0 Å². The van der Waals surface area contributed by atoms with Crippen molar-refractivity contribution in [1.29, 1.82) is 0 Å². The van der Waals surface area contributed by atoms with Crippen LogP contribution in [0, 0.1) is 0 Å². The van der Waals surface area contributed by atoms with Crippen LogP contribution in [-0.2, 0) is 10.1 Å². The Hall–Kier alpha value is -1.34. The molecule has 0 fully saturated rings. The molecular weight excluding hydrogens is 312 g/mol. The highest BCUT2D eigenvalue weighted by atomic mass is 79.9. The van der Waals surface area contributed by atoms with Gasteiger partial charge in [-0.15, -0.1) is 0 Å². The maximum absolute atomic E-state index is 11.7. The SMILES string of the molecule is CS(=O)(=O)Oc1ccc2c(=O)c(Br)coc2c1. The third-order valence-electron chi connectivity index (χ3n) is 1.95. The molecule has 0 saturated heterocycles. The zero-order valence-electron chi connectivity index (χ0n) is 8.64. The van der Waals surface area contributed by atoms with Crippen molar-refractivity contribution in [2.75, 3.05) is 6.26 Å². The monoisotopic (exact) mass is 318 g/mol. The molecule has 2 aromatic rings. The lowest BCUT2D eigenvalue weighted by molar-refractivity contribution is 0.492. The van der Waals surface area contributed by atoms with Crippen LogP contribution in [0.25, 0.3) is 11.0 Å². The molecule has 0 spiro atoms. The first-order valence-corrected chi connectivity index (χ1v) is 7.08. The molecule has 2 rings (SSSR count). The first kappa shape index (κ1) is 12.1. The molecule has 17 heavy (non-hydrogen) atoms. The second-order valence-corrected chi connectivity index (χ2v) is 5.79. The predicted octanol–water partition coefficient (Wildman–Crippen LogP) is 1.89.